The topological polar surface area (TPSA) is 72.2 Å². The van der Waals surface area contributed by atoms with Gasteiger partial charge in [0.25, 0.3) is 5.78 Å². The van der Waals surface area contributed by atoms with Gasteiger partial charge in [-0.3, -0.25) is 0 Å². The van der Waals surface area contributed by atoms with E-state index in [1.54, 1.807) is 10.7 Å². The SMILES string of the molecule is O=C=C1NCCc2c1cnc1ncnn21. The second kappa shape index (κ2) is 2.90. The Bertz CT molecular complexity index is 581. The summed E-state index contributed by atoms with van der Waals surface area (Å²) in [6, 6.07) is 0. The summed E-state index contributed by atoms with van der Waals surface area (Å²) in [6.07, 6.45) is 3.88. The van der Waals surface area contributed by atoms with Crippen LogP contribution in [0.3, 0.4) is 0 Å². The normalized spacial score (nSPS) is 14.5. The van der Waals surface area contributed by atoms with E-state index >= 15 is 0 Å². The fourth-order valence-electron chi connectivity index (χ4n) is 1.77. The Labute approximate surface area is 84.7 Å². The molecule has 15 heavy (non-hydrogen) atoms. The van der Waals surface area contributed by atoms with Crippen molar-refractivity contribution in [2.24, 2.45) is 0 Å². The molecule has 0 saturated carbocycles. The van der Waals surface area contributed by atoms with Crippen molar-refractivity contribution in [3.05, 3.63) is 23.8 Å². The zero-order chi connectivity index (χ0) is 10.3. The molecule has 0 bridgehead atoms. The van der Waals surface area contributed by atoms with Crippen LogP contribution < -0.4 is 5.32 Å². The van der Waals surface area contributed by atoms with Crippen LogP contribution >= 0.6 is 0 Å². The molecule has 0 spiro atoms. The quantitative estimate of drug-likeness (QED) is 0.578. The lowest BCUT2D eigenvalue weighted by molar-refractivity contribution is 0.567. The van der Waals surface area contributed by atoms with Crippen molar-refractivity contribution >= 4 is 17.4 Å². The van der Waals surface area contributed by atoms with Crippen LogP contribution in [0.5, 0.6) is 0 Å². The van der Waals surface area contributed by atoms with E-state index in [0.29, 0.717) is 18.0 Å². The minimum Gasteiger partial charge on any atom is -0.375 e. The van der Waals surface area contributed by atoms with Gasteiger partial charge in [0, 0.05) is 24.7 Å². The number of hydrogen-bond donors (Lipinski definition) is 1. The van der Waals surface area contributed by atoms with Gasteiger partial charge in [-0.1, -0.05) is 0 Å². The Morgan fingerprint density at radius 2 is 2.40 bits per heavy atom. The van der Waals surface area contributed by atoms with Crippen LogP contribution in [0, 0.1) is 0 Å². The molecular weight excluding hydrogens is 194 g/mol. The lowest BCUT2D eigenvalue weighted by atomic mass is 10.1. The van der Waals surface area contributed by atoms with Gasteiger partial charge in [0.05, 0.1) is 5.69 Å². The lowest BCUT2D eigenvalue weighted by Gasteiger charge is -2.17. The van der Waals surface area contributed by atoms with Crippen molar-refractivity contribution < 1.29 is 4.79 Å². The molecule has 74 valence electrons. The van der Waals surface area contributed by atoms with Crippen LogP contribution in [-0.2, 0) is 11.2 Å². The maximum atomic E-state index is 10.7. The minimum atomic E-state index is 0.446. The van der Waals surface area contributed by atoms with Crippen LogP contribution in [0.2, 0.25) is 0 Å². The van der Waals surface area contributed by atoms with Gasteiger partial charge in [-0.2, -0.15) is 10.1 Å². The van der Waals surface area contributed by atoms with Crippen molar-refractivity contribution in [3.63, 3.8) is 0 Å². The third kappa shape index (κ3) is 1.05. The molecule has 0 unspecified atom stereocenters. The van der Waals surface area contributed by atoms with Crippen LogP contribution in [0.15, 0.2) is 12.5 Å². The molecular formula is C9H7N5O. The van der Waals surface area contributed by atoms with Crippen molar-refractivity contribution in [2.45, 2.75) is 6.42 Å². The zero-order valence-corrected chi connectivity index (χ0v) is 7.77. The van der Waals surface area contributed by atoms with Gasteiger partial charge < -0.3 is 5.32 Å². The molecule has 3 rings (SSSR count). The largest absolute Gasteiger partial charge is 0.375 e. The molecule has 1 aliphatic rings. The summed E-state index contributed by atoms with van der Waals surface area (Å²) in [5.41, 5.74) is 2.16. The fourth-order valence-corrected chi connectivity index (χ4v) is 1.77. The van der Waals surface area contributed by atoms with Crippen LogP contribution in [0.25, 0.3) is 11.5 Å². The average Bonchev–Trinajstić information content (AvgIpc) is 2.76. The summed E-state index contributed by atoms with van der Waals surface area (Å²) in [4.78, 5) is 18.8. The summed E-state index contributed by atoms with van der Waals surface area (Å²) >= 11 is 0. The second-order valence-corrected chi connectivity index (χ2v) is 3.24. The van der Waals surface area contributed by atoms with Crippen LogP contribution in [-0.4, -0.2) is 32.1 Å². The molecule has 6 nitrogen and oxygen atoms in total. The van der Waals surface area contributed by atoms with Gasteiger partial charge in [-0.15, -0.1) is 0 Å². The highest BCUT2D eigenvalue weighted by Crippen LogP contribution is 2.18. The lowest BCUT2D eigenvalue weighted by Crippen LogP contribution is -2.25. The van der Waals surface area contributed by atoms with E-state index in [9.17, 15) is 4.79 Å². The van der Waals surface area contributed by atoms with Gasteiger partial charge in [-0.05, 0) is 0 Å². The molecule has 6 heteroatoms. The van der Waals surface area contributed by atoms with Crippen molar-refractivity contribution in [2.75, 3.05) is 6.54 Å². The van der Waals surface area contributed by atoms with Gasteiger partial charge in [0.15, 0.2) is 5.94 Å². The van der Waals surface area contributed by atoms with Gasteiger partial charge in [0.1, 0.15) is 12.0 Å². The number of hydrogen-bond acceptors (Lipinski definition) is 5. The molecule has 0 aliphatic carbocycles. The molecule has 0 fully saturated rings. The zero-order valence-electron chi connectivity index (χ0n) is 7.77. The molecule has 2 aromatic rings. The van der Waals surface area contributed by atoms with Crippen LogP contribution in [0.4, 0.5) is 0 Å². The number of aromatic nitrogens is 4. The van der Waals surface area contributed by atoms with Crippen molar-refractivity contribution in [3.8, 4) is 0 Å². The Hall–Kier alpha value is -2.20. The second-order valence-electron chi connectivity index (χ2n) is 3.24. The Balaban J connectivity index is 2.38. The molecule has 0 amide bonds. The number of nitrogens with zero attached hydrogens (tertiary/aromatic N) is 4. The highest BCUT2D eigenvalue weighted by molar-refractivity contribution is 5.87. The molecule has 2 aromatic heterocycles. The molecule has 0 saturated heterocycles. The number of fused-ring (bicyclic) bond motifs is 3. The molecule has 0 aromatic carbocycles. The first-order valence-corrected chi connectivity index (χ1v) is 4.57. The van der Waals surface area contributed by atoms with E-state index in [1.807, 2.05) is 5.94 Å². The smallest absolute Gasteiger partial charge is 0.252 e. The first-order valence-electron chi connectivity index (χ1n) is 4.57. The maximum absolute atomic E-state index is 10.7. The third-order valence-corrected chi connectivity index (χ3v) is 2.44. The van der Waals surface area contributed by atoms with Crippen molar-refractivity contribution in [1.29, 1.82) is 0 Å². The van der Waals surface area contributed by atoms with Crippen molar-refractivity contribution in [1.82, 2.24) is 24.9 Å². The van der Waals surface area contributed by atoms with E-state index in [4.69, 9.17) is 0 Å². The monoisotopic (exact) mass is 201 g/mol. The summed E-state index contributed by atoms with van der Waals surface area (Å²) < 4.78 is 1.66. The molecule has 0 radical (unpaired) electrons. The van der Waals surface area contributed by atoms with Gasteiger partial charge >= 0.3 is 0 Å². The number of rotatable bonds is 0. The van der Waals surface area contributed by atoms with E-state index in [2.05, 4.69) is 20.4 Å². The molecule has 1 N–H and O–H groups in total. The van der Waals surface area contributed by atoms with E-state index in [0.717, 1.165) is 17.7 Å². The van der Waals surface area contributed by atoms with Gasteiger partial charge in [-0.25, -0.2) is 14.3 Å². The summed E-state index contributed by atoms with van der Waals surface area (Å²) in [6.45, 7) is 0.705. The highest BCUT2D eigenvalue weighted by atomic mass is 16.1. The number of carbonyl (C=O) groups excluding carboxylic acids is 1. The minimum absolute atomic E-state index is 0.446. The summed E-state index contributed by atoms with van der Waals surface area (Å²) in [5, 5.41) is 7.05. The van der Waals surface area contributed by atoms with E-state index in [1.165, 1.54) is 6.33 Å². The van der Waals surface area contributed by atoms with Gasteiger partial charge in [0.2, 0.25) is 0 Å². The average molecular weight is 201 g/mol. The Morgan fingerprint density at radius 3 is 3.27 bits per heavy atom. The predicted molar refractivity (Wildman–Crippen MR) is 51.6 cm³/mol. The first kappa shape index (κ1) is 8.14. The molecule has 3 heterocycles. The maximum Gasteiger partial charge on any atom is 0.252 e. The standard InChI is InChI=1S/C9H7N5O/c15-4-7-6-3-11-9-12-5-13-14(9)8(6)1-2-10-7/h3,5,10H,1-2H2. The van der Waals surface area contributed by atoms with E-state index in [-0.39, 0.29) is 0 Å². The van der Waals surface area contributed by atoms with E-state index < -0.39 is 0 Å². The Morgan fingerprint density at radius 1 is 1.47 bits per heavy atom. The Kier molecular flexibility index (Phi) is 1.57. The fraction of sp³-hybridized carbons (Fsp3) is 0.222. The first-order chi connectivity index (χ1) is 7.40. The molecule has 0 atom stereocenters. The highest BCUT2D eigenvalue weighted by Gasteiger charge is 2.18. The molecule has 1 aliphatic heterocycles. The van der Waals surface area contributed by atoms with Crippen LogP contribution in [0.1, 0.15) is 11.3 Å². The summed E-state index contributed by atoms with van der Waals surface area (Å²) in [7, 11) is 0. The summed E-state index contributed by atoms with van der Waals surface area (Å²) in [5.74, 6) is 2.43. The number of nitrogens with one attached hydrogen (secondary N) is 1. The predicted octanol–water partition coefficient (Wildman–Crippen LogP) is -0.558. The third-order valence-electron chi connectivity index (χ3n) is 2.44.